The summed E-state index contributed by atoms with van der Waals surface area (Å²) in [6.07, 6.45) is 1.35. The topological polar surface area (TPSA) is 55.1 Å². The van der Waals surface area contributed by atoms with Gasteiger partial charge >= 0.3 is 0 Å². The highest BCUT2D eigenvalue weighted by Crippen LogP contribution is 2.31. The van der Waals surface area contributed by atoms with Crippen molar-refractivity contribution in [1.29, 1.82) is 0 Å². The fourth-order valence-corrected chi connectivity index (χ4v) is 2.74. The average Bonchev–Trinajstić information content (AvgIpc) is 2.92. The van der Waals surface area contributed by atoms with Crippen LogP contribution in [0.15, 0.2) is 34.7 Å². The standard InChI is InChI=1S/C20H22N2O2/c1-5-7-19(23)21-16-9-6-8-15(14(16)4)20-22-17-10-12(2)13(3)11-18(17)24-20/h6,8-11H,5,7H2,1-4H3,(H,21,23). The van der Waals surface area contributed by atoms with Crippen LogP contribution in [-0.4, -0.2) is 10.9 Å². The maximum absolute atomic E-state index is 11.9. The number of hydrogen-bond donors (Lipinski definition) is 1. The molecular formula is C20H22N2O2. The van der Waals surface area contributed by atoms with Gasteiger partial charge in [-0.05, 0) is 68.1 Å². The number of nitrogens with one attached hydrogen (secondary N) is 1. The van der Waals surface area contributed by atoms with E-state index in [2.05, 4.69) is 24.1 Å². The lowest BCUT2D eigenvalue weighted by atomic mass is 10.1. The van der Waals surface area contributed by atoms with Gasteiger partial charge in [0.15, 0.2) is 5.58 Å². The van der Waals surface area contributed by atoms with Gasteiger partial charge in [0.05, 0.1) is 0 Å². The number of oxazole rings is 1. The molecule has 4 heteroatoms. The van der Waals surface area contributed by atoms with Crippen LogP contribution < -0.4 is 5.32 Å². The Morgan fingerprint density at radius 3 is 2.67 bits per heavy atom. The van der Waals surface area contributed by atoms with E-state index in [0.717, 1.165) is 34.3 Å². The van der Waals surface area contributed by atoms with E-state index >= 15 is 0 Å². The fourth-order valence-electron chi connectivity index (χ4n) is 2.74. The summed E-state index contributed by atoms with van der Waals surface area (Å²) in [4.78, 5) is 16.5. The summed E-state index contributed by atoms with van der Waals surface area (Å²) < 4.78 is 5.95. The second-order valence-corrected chi connectivity index (χ2v) is 6.20. The monoisotopic (exact) mass is 322 g/mol. The summed E-state index contributed by atoms with van der Waals surface area (Å²) in [5.74, 6) is 0.612. The molecule has 0 bridgehead atoms. The van der Waals surface area contributed by atoms with Gasteiger partial charge in [0.25, 0.3) is 0 Å². The molecule has 24 heavy (non-hydrogen) atoms. The third-order valence-electron chi connectivity index (χ3n) is 4.32. The zero-order valence-corrected chi connectivity index (χ0v) is 14.6. The molecule has 1 amide bonds. The van der Waals surface area contributed by atoms with Crippen LogP contribution >= 0.6 is 0 Å². The second kappa shape index (κ2) is 6.48. The fraction of sp³-hybridized carbons (Fsp3) is 0.300. The molecule has 3 aromatic rings. The number of fused-ring (bicyclic) bond motifs is 1. The van der Waals surface area contributed by atoms with Crippen molar-refractivity contribution in [3.05, 3.63) is 47.0 Å². The number of amides is 1. The molecule has 1 N–H and O–H groups in total. The molecule has 0 spiro atoms. The lowest BCUT2D eigenvalue weighted by Gasteiger charge is -2.10. The van der Waals surface area contributed by atoms with Crippen LogP contribution in [0.2, 0.25) is 0 Å². The van der Waals surface area contributed by atoms with Crippen molar-refractivity contribution in [1.82, 2.24) is 4.98 Å². The summed E-state index contributed by atoms with van der Waals surface area (Å²) in [6.45, 7) is 8.10. The van der Waals surface area contributed by atoms with Gasteiger partial charge in [-0.15, -0.1) is 0 Å². The molecule has 0 radical (unpaired) electrons. The molecule has 0 saturated heterocycles. The Balaban J connectivity index is 2.02. The molecule has 1 heterocycles. The van der Waals surface area contributed by atoms with E-state index < -0.39 is 0 Å². The van der Waals surface area contributed by atoms with Crippen molar-refractivity contribution in [2.45, 2.75) is 40.5 Å². The number of nitrogens with zero attached hydrogens (tertiary/aromatic N) is 1. The normalized spacial score (nSPS) is 11.0. The Bertz CT molecular complexity index is 870. The van der Waals surface area contributed by atoms with Gasteiger partial charge in [-0.1, -0.05) is 13.0 Å². The molecule has 0 unspecified atom stereocenters. The Hall–Kier alpha value is -2.62. The molecule has 0 saturated carbocycles. The summed E-state index contributed by atoms with van der Waals surface area (Å²) in [5, 5.41) is 2.96. The van der Waals surface area contributed by atoms with Gasteiger partial charge in [-0.3, -0.25) is 4.79 Å². The van der Waals surface area contributed by atoms with Crippen LogP contribution in [0.3, 0.4) is 0 Å². The van der Waals surface area contributed by atoms with E-state index in [1.807, 2.05) is 44.2 Å². The zero-order valence-electron chi connectivity index (χ0n) is 14.6. The van der Waals surface area contributed by atoms with Crippen LogP contribution in [0.4, 0.5) is 5.69 Å². The van der Waals surface area contributed by atoms with Crippen molar-refractivity contribution < 1.29 is 9.21 Å². The molecule has 3 rings (SSSR count). The van der Waals surface area contributed by atoms with Crippen molar-refractivity contribution in [2.24, 2.45) is 0 Å². The van der Waals surface area contributed by atoms with Gasteiger partial charge in [0, 0.05) is 17.7 Å². The lowest BCUT2D eigenvalue weighted by Crippen LogP contribution is -2.11. The molecule has 0 atom stereocenters. The second-order valence-electron chi connectivity index (χ2n) is 6.20. The van der Waals surface area contributed by atoms with Gasteiger partial charge in [-0.25, -0.2) is 4.98 Å². The van der Waals surface area contributed by atoms with Gasteiger partial charge in [0.1, 0.15) is 5.52 Å². The summed E-state index contributed by atoms with van der Waals surface area (Å²) in [5.41, 5.74) is 6.68. The highest BCUT2D eigenvalue weighted by molar-refractivity contribution is 5.92. The summed E-state index contributed by atoms with van der Waals surface area (Å²) in [6, 6.07) is 9.84. The molecule has 0 aliphatic rings. The molecule has 1 aromatic heterocycles. The molecule has 124 valence electrons. The molecule has 2 aromatic carbocycles. The minimum atomic E-state index is 0.0292. The lowest BCUT2D eigenvalue weighted by molar-refractivity contribution is -0.116. The predicted molar refractivity (Wildman–Crippen MR) is 97.2 cm³/mol. The summed E-state index contributed by atoms with van der Waals surface area (Å²) in [7, 11) is 0. The van der Waals surface area contributed by atoms with Gasteiger partial charge in [0.2, 0.25) is 11.8 Å². The third-order valence-corrected chi connectivity index (χ3v) is 4.32. The number of benzene rings is 2. The average molecular weight is 322 g/mol. The number of carbonyl (C=O) groups is 1. The van der Waals surface area contributed by atoms with Crippen molar-refractivity contribution in [2.75, 3.05) is 5.32 Å². The largest absolute Gasteiger partial charge is 0.436 e. The van der Waals surface area contributed by atoms with Crippen molar-refractivity contribution in [3.63, 3.8) is 0 Å². The summed E-state index contributed by atoms with van der Waals surface area (Å²) >= 11 is 0. The number of carbonyl (C=O) groups excluding carboxylic acids is 1. The minimum absolute atomic E-state index is 0.0292. The predicted octanol–water partition coefficient (Wildman–Crippen LogP) is 5.16. The smallest absolute Gasteiger partial charge is 0.227 e. The first kappa shape index (κ1) is 16.2. The molecule has 4 nitrogen and oxygen atoms in total. The van der Waals surface area contributed by atoms with E-state index in [4.69, 9.17) is 4.42 Å². The van der Waals surface area contributed by atoms with Crippen LogP contribution in [0, 0.1) is 20.8 Å². The number of hydrogen-bond acceptors (Lipinski definition) is 3. The highest BCUT2D eigenvalue weighted by atomic mass is 16.3. The first-order valence-electron chi connectivity index (χ1n) is 8.27. The third kappa shape index (κ3) is 3.04. The Morgan fingerprint density at radius 1 is 1.17 bits per heavy atom. The number of rotatable bonds is 4. The van der Waals surface area contributed by atoms with Crippen LogP contribution in [0.5, 0.6) is 0 Å². The van der Waals surface area contributed by atoms with E-state index in [1.54, 1.807) is 0 Å². The minimum Gasteiger partial charge on any atom is -0.436 e. The molecule has 0 aliphatic carbocycles. The molecule has 0 fully saturated rings. The zero-order chi connectivity index (χ0) is 17.3. The van der Waals surface area contributed by atoms with E-state index in [0.29, 0.717) is 12.3 Å². The van der Waals surface area contributed by atoms with E-state index in [1.165, 1.54) is 11.1 Å². The SMILES string of the molecule is CCCC(=O)Nc1cccc(-c2nc3cc(C)c(C)cc3o2)c1C. The maximum Gasteiger partial charge on any atom is 0.227 e. The Morgan fingerprint density at radius 2 is 1.92 bits per heavy atom. The van der Waals surface area contributed by atoms with E-state index in [9.17, 15) is 4.79 Å². The number of anilines is 1. The van der Waals surface area contributed by atoms with Crippen LogP contribution in [0.1, 0.15) is 36.5 Å². The van der Waals surface area contributed by atoms with Gasteiger partial charge in [-0.2, -0.15) is 0 Å². The van der Waals surface area contributed by atoms with Crippen LogP contribution in [-0.2, 0) is 4.79 Å². The Kier molecular flexibility index (Phi) is 4.38. The Labute approximate surface area is 141 Å². The first-order valence-corrected chi connectivity index (χ1v) is 8.27. The number of aryl methyl sites for hydroxylation is 2. The van der Waals surface area contributed by atoms with Crippen molar-refractivity contribution >= 4 is 22.7 Å². The quantitative estimate of drug-likeness (QED) is 0.722. The van der Waals surface area contributed by atoms with Crippen molar-refractivity contribution in [3.8, 4) is 11.5 Å². The maximum atomic E-state index is 11.9. The number of aromatic nitrogens is 1. The highest BCUT2D eigenvalue weighted by Gasteiger charge is 2.14. The molecule has 0 aliphatic heterocycles. The first-order chi connectivity index (χ1) is 11.5. The van der Waals surface area contributed by atoms with Gasteiger partial charge < -0.3 is 9.73 Å². The molecular weight excluding hydrogens is 300 g/mol. The van der Waals surface area contributed by atoms with E-state index in [-0.39, 0.29) is 5.91 Å². The van der Waals surface area contributed by atoms with Crippen LogP contribution in [0.25, 0.3) is 22.6 Å².